The van der Waals surface area contributed by atoms with Gasteiger partial charge in [-0.15, -0.1) is 26.3 Å². The van der Waals surface area contributed by atoms with Crippen molar-refractivity contribution in [2.75, 3.05) is 18.1 Å². The van der Waals surface area contributed by atoms with E-state index < -0.39 is 30.2 Å². The number of carbonyl (C=O) groups excluding carboxylic acids is 1. The highest BCUT2D eigenvalue weighted by Crippen LogP contribution is 2.36. The maximum absolute atomic E-state index is 12.2. The van der Waals surface area contributed by atoms with Gasteiger partial charge in [0, 0.05) is 27.5 Å². The van der Waals surface area contributed by atoms with Gasteiger partial charge in [0.05, 0.1) is 16.7 Å². The van der Waals surface area contributed by atoms with Crippen LogP contribution in [0.1, 0.15) is 12.5 Å². The first-order valence-corrected chi connectivity index (χ1v) is 10.3. The van der Waals surface area contributed by atoms with Crippen LogP contribution in [0.5, 0.6) is 11.5 Å². The van der Waals surface area contributed by atoms with Crippen molar-refractivity contribution in [3.8, 4) is 11.5 Å². The number of ether oxygens (including phenoxy) is 3. The van der Waals surface area contributed by atoms with Gasteiger partial charge in [-0.25, -0.2) is 4.79 Å². The quantitative estimate of drug-likeness (QED) is 0.167. The summed E-state index contributed by atoms with van der Waals surface area (Å²) >= 11 is 14.0. The Bertz CT molecular complexity index is 1050. The smallest absolute Gasteiger partial charge is 0.463 e. The van der Waals surface area contributed by atoms with Crippen LogP contribution in [0.25, 0.3) is 6.08 Å². The topological polar surface area (TPSA) is 96.8 Å². The van der Waals surface area contributed by atoms with Gasteiger partial charge in [-0.1, -0.05) is 23.2 Å². The van der Waals surface area contributed by atoms with Crippen molar-refractivity contribution in [1.82, 2.24) is 0 Å². The van der Waals surface area contributed by atoms with E-state index in [2.05, 4.69) is 30.1 Å². The summed E-state index contributed by atoms with van der Waals surface area (Å²) in [6.45, 7) is 1.80. The molecule has 0 atom stereocenters. The number of rotatable bonds is 5. The lowest BCUT2D eigenvalue weighted by molar-refractivity contribution is -0.275. The predicted octanol–water partition coefficient (Wildman–Crippen LogP) is 6.98. The molecule has 0 fully saturated rings. The number of nitrogen functional groups attached to an aromatic ring is 2. The van der Waals surface area contributed by atoms with Gasteiger partial charge in [0.25, 0.3) is 0 Å². The van der Waals surface area contributed by atoms with Crippen LogP contribution in [-0.4, -0.2) is 25.3 Å². The molecule has 6 nitrogen and oxygen atoms in total. The van der Waals surface area contributed by atoms with Crippen LogP contribution in [-0.2, 0) is 9.53 Å². The van der Waals surface area contributed by atoms with E-state index >= 15 is 0 Å². The fourth-order valence-electron chi connectivity index (χ4n) is 2.03. The largest absolute Gasteiger partial charge is 0.573 e. The Morgan fingerprint density at radius 3 is 1.88 bits per heavy atom. The van der Waals surface area contributed by atoms with Gasteiger partial charge in [0.15, 0.2) is 0 Å². The van der Waals surface area contributed by atoms with Crippen molar-refractivity contribution >= 4 is 62.6 Å². The summed E-state index contributed by atoms with van der Waals surface area (Å²) in [5.41, 5.74) is 11.5. The molecule has 0 saturated heterocycles. The SMILES string of the molecule is CCOC(=O)/C=C/c1cc(OC(F)(F)F)c(Cl)cc1N.Nc1cc(Cl)c(OC(F)(F)F)cc1Br. The molecule has 15 heteroatoms. The number of nitrogens with two attached hydrogens (primary N) is 2. The molecule has 188 valence electrons. The van der Waals surface area contributed by atoms with Gasteiger partial charge >= 0.3 is 18.7 Å². The molecule has 34 heavy (non-hydrogen) atoms. The Morgan fingerprint density at radius 1 is 0.941 bits per heavy atom. The zero-order valence-corrected chi connectivity index (χ0v) is 20.0. The minimum atomic E-state index is -4.87. The zero-order chi connectivity index (χ0) is 26.3. The maximum atomic E-state index is 12.2. The summed E-state index contributed by atoms with van der Waals surface area (Å²) in [7, 11) is 0. The molecule has 0 aliphatic rings. The highest BCUT2D eigenvalue weighted by Gasteiger charge is 2.33. The average Bonchev–Trinajstić information content (AvgIpc) is 2.66. The van der Waals surface area contributed by atoms with E-state index in [4.69, 9.17) is 34.7 Å². The normalized spacial score (nSPS) is 11.6. The van der Waals surface area contributed by atoms with Crippen LogP contribution in [0.2, 0.25) is 10.0 Å². The van der Waals surface area contributed by atoms with E-state index in [-0.39, 0.29) is 33.6 Å². The third kappa shape index (κ3) is 10.6. The summed E-state index contributed by atoms with van der Waals surface area (Å²) in [5.74, 6) is -1.72. The first-order valence-electron chi connectivity index (χ1n) is 8.72. The molecule has 0 aromatic heterocycles. The van der Waals surface area contributed by atoms with Crippen LogP contribution in [0, 0.1) is 0 Å². The fraction of sp³-hybridized carbons (Fsp3) is 0.211. The number of anilines is 2. The lowest BCUT2D eigenvalue weighted by atomic mass is 10.1. The van der Waals surface area contributed by atoms with E-state index in [0.717, 1.165) is 24.3 Å². The van der Waals surface area contributed by atoms with Gasteiger partial charge < -0.3 is 25.7 Å². The Balaban J connectivity index is 0.000000362. The molecule has 0 saturated carbocycles. The predicted molar refractivity (Wildman–Crippen MR) is 118 cm³/mol. The van der Waals surface area contributed by atoms with Crippen molar-refractivity contribution in [3.05, 3.63) is 50.4 Å². The summed E-state index contributed by atoms with van der Waals surface area (Å²) in [6.07, 6.45) is -7.38. The third-order valence-electron chi connectivity index (χ3n) is 3.33. The van der Waals surface area contributed by atoms with Crippen molar-refractivity contribution in [1.29, 1.82) is 0 Å². The average molecular weight is 600 g/mol. The monoisotopic (exact) mass is 598 g/mol. The second kappa shape index (κ2) is 12.3. The van der Waals surface area contributed by atoms with Crippen LogP contribution in [0.15, 0.2) is 34.8 Å². The van der Waals surface area contributed by atoms with Crippen molar-refractivity contribution in [2.24, 2.45) is 0 Å². The van der Waals surface area contributed by atoms with Crippen LogP contribution in [0.3, 0.4) is 0 Å². The minimum Gasteiger partial charge on any atom is -0.463 e. The molecule has 0 spiro atoms. The van der Waals surface area contributed by atoms with E-state index in [1.54, 1.807) is 6.92 Å². The molecule has 2 aromatic rings. The van der Waals surface area contributed by atoms with E-state index in [1.807, 2.05) is 0 Å². The van der Waals surface area contributed by atoms with Gasteiger partial charge in [-0.2, -0.15) is 0 Å². The molecule has 0 amide bonds. The van der Waals surface area contributed by atoms with E-state index in [0.29, 0.717) is 4.47 Å². The summed E-state index contributed by atoms with van der Waals surface area (Å²) in [5, 5.41) is -0.476. The van der Waals surface area contributed by atoms with Crippen LogP contribution < -0.4 is 20.9 Å². The van der Waals surface area contributed by atoms with Gasteiger partial charge in [0.2, 0.25) is 0 Å². The molecule has 0 aliphatic carbocycles. The summed E-state index contributed by atoms with van der Waals surface area (Å²) < 4.78 is 84.3. The second-order valence-electron chi connectivity index (χ2n) is 5.90. The molecule has 0 unspecified atom stereocenters. The molecular formula is C19H15BrCl2F6N2O4. The maximum Gasteiger partial charge on any atom is 0.573 e. The number of carbonyl (C=O) groups is 1. The van der Waals surface area contributed by atoms with E-state index in [9.17, 15) is 31.1 Å². The number of benzene rings is 2. The standard InChI is InChI=1S/C12H11ClF3NO3.C7H4BrClF3NO/c1-2-19-11(18)4-3-7-5-10(20-12(14,15)16)8(13)6-9(7)17;8-3-1-6(14-7(10,11)12)4(9)2-5(3)13/h3-6H,2,17H2,1H3;1-2H,13H2/b4-3+;. The molecule has 0 aliphatic heterocycles. The Hall–Kier alpha value is -2.51. The van der Waals surface area contributed by atoms with E-state index in [1.165, 1.54) is 12.1 Å². The number of alkyl halides is 6. The van der Waals surface area contributed by atoms with Crippen LogP contribution >= 0.6 is 39.1 Å². The van der Waals surface area contributed by atoms with Crippen molar-refractivity contribution in [3.63, 3.8) is 0 Å². The number of hydrogen-bond donors (Lipinski definition) is 2. The Labute approximate surface area is 207 Å². The molecule has 2 aromatic carbocycles. The third-order valence-corrected chi connectivity index (χ3v) is 4.60. The van der Waals surface area contributed by atoms with Gasteiger partial charge in [0.1, 0.15) is 11.5 Å². The molecule has 2 rings (SSSR count). The zero-order valence-electron chi connectivity index (χ0n) is 16.9. The molecular weight excluding hydrogens is 585 g/mol. The first-order chi connectivity index (χ1) is 15.5. The summed E-state index contributed by atoms with van der Waals surface area (Å²) in [4.78, 5) is 11.1. The summed E-state index contributed by atoms with van der Waals surface area (Å²) in [6, 6.07) is 4.33. The number of hydrogen-bond acceptors (Lipinski definition) is 6. The van der Waals surface area contributed by atoms with Crippen molar-refractivity contribution in [2.45, 2.75) is 19.6 Å². The molecule has 0 radical (unpaired) electrons. The molecule has 0 bridgehead atoms. The molecule has 0 heterocycles. The van der Waals surface area contributed by atoms with Crippen molar-refractivity contribution < 1.29 is 45.3 Å². The lowest BCUT2D eigenvalue weighted by Gasteiger charge is -2.12. The first kappa shape index (κ1) is 29.5. The van der Waals surface area contributed by atoms with Crippen LogP contribution in [0.4, 0.5) is 37.7 Å². The highest BCUT2D eigenvalue weighted by molar-refractivity contribution is 9.10. The lowest BCUT2D eigenvalue weighted by Crippen LogP contribution is -2.17. The van der Waals surface area contributed by atoms with Gasteiger partial charge in [-0.05, 0) is 53.2 Å². The highest BCUT2D eigenvalue weighted by atomic mass is 79.9. The van der Waals surface area contributed by atoms with Gasteiger partial charge in [-0.3, -0.25) is 0 Å². The number of esters is 1. The fourth-order valence-corrected chi connectivity index (χ4v) is 2.77. The second-order valence-corrected chi connectivity index (χ2v) is 7.57. The Morgan fingerprint density at radius 2 is 1.41 bits per heavy atom. The minimum absolute atomic E-state index is 0.102. The number of halogens is 9. The molecule has 4 N–H and O–H groups in total. The Kier molecular flexibility index (Phi) is 10.7.